The van der Waals surface area contributed by atoms with Crippen LogP contribution in [0.2, 0.25) is 0 Å². The van der Waals surface area contributed by atoms with Gasteiger partial charge in [0.2, 0.25) is 5.91 Å². The molecule has 2 aromatic rings. The van der Waals surface area contributed by atoms with E-state index in [0.29, 0.717) is 31.9 Å². The highest BCUT2D eigenvalue weighted by atomic mass is 16.3. The van der Waals surface area contributed by atoms with Crippen LogP contribution < -0.4 is 4.90 Å². The van der Waals surface area contributed by atoms with E-state index in [0.717, 1.165) is 17.9 Å². The molecule has 2 aliphatic heterocycles. The molecule has 4 heterocycles. The maximum atomic E-state index is 12.7. The summed E-state index contributed by atoms with van der Waals surface area (Å²) >= 11 is 0. The van der Waals surface area contributed by atoms with Crippen molar-refractivity contribution < 1.29 is 14.0 Å². The molecule has 0 saturated carbocycles. The molecule has 1 unspecified atom stereocenters. The largest absolute Gasteiger partial charge is 0.456 e. The summed E-state index contributed by atoms with van der Waals surface area (Å²) in [5, 5.41) is 4.18. The van der Waals surface area contributed by atoms with Crippen LogP contribution in [0, 0.1) is 6.92 Å². The zero-order chi connectivity index (χ0) is 18.5. The Morgan fingerprint density at radius 2 is 2.08 bits per heavy atom. The molecule has 2 saturated heterocycles. The Balaban J connectivity index is 1.55. The summed E-state index contributed by atoms with van der Waals surface area (Å²) in [6.45, 7) is 3.93. The molecule has 0 aromatic carbocycles. The lowest BCUT2D eigenvalue weighted by molar-refractivity contribution is -0.123. The third kappa shape index (κ3) is 2.70. The van der Waals surface area contributed by atoms with Crippen LogP contribution in [0.3, 0.4) is 0 Å². The number of carbonyl (C=O) groups excluding carboxylic acids is 2. The molecule has 8 nitrogen and oxygen atoms in total. The van der Waals surface area contributed by atoms with Crippen molar-refractivity contribution in [3.05, 3.63) is 36.0 Å². The number of aromatic nitrogens is 2. The Morgan fingerprint density at radius 3 is 2.73 bits per heavy atom. The molecule has 2 aromatic heterocycles. The van der Waals surface area contributed by atoms with Gasteiger partial charge in [0.25, 0.3) is 5.91 Å². The molecule has 2 fully saturated rings. The Morgan fingerprint density at radius 1 is 1.27 bits per heavy atom. The molecule has 0 N–H and O–H groups in total. The van der Waals surface area contributed by atoms with Gasteiger partial charge in [-0.15, -0.1) is 0 Å². The zero-order valence-corrected chi connectivity index (χ0v) is 15.3. The Hall–Kier alpha value is -2.61. The van der Waals surface area contributed by atoms with Crippen LogP contribution in [0.25, 0.3) is 0 Å². The van der Waals surface area contributed by atoms with E-state index in [1.165, 1.54) is 0 Å². The topological polar surface area (TPSA) is 74.8 Å². The summed E-state index contributed by atoms with van der Waals surface area (Å²) in [6, 6.07) is 3.52. The smallest absolute Gasteiger partial charge is 0.289 e. The summed E-state index contributed by atoms with van der Waals surface area (Å²) in [4.78, 5) is 31.0. The lowest BCUT2D eigenvalue weighted by Crippen LogP contribution is -2.64. The summed E-state index contributed by atoms with van der Waals surface area (Å²) in [7, 11) is 3.80. The SMILES string of the molecule is Cc1ccc(C(=O)N2CCC3(C2)CN(c2cnn(C)c2)C(=O)CN3C)o1. The van der Waals surface area contributed by atoms with Crippen molar-refractivity contribution in [2.24, 2.45) is 7.05 Å². The van der Waals surface area contributed by atoms with Crippen molar-refractivity contribution in [1.82, 2.24) is 19.6 Å². The number of likely N-dealkylation sites (N-methyl/N-ethyl adjacent to an activating group) is 1. The van der Waals surface area contributed by atoms with E-state index in [1.54, 1.807) is 27.9 Å². The summed E-state index contributed by atoms with van der Waals surface area (Å²) in [5.41, 5.74) is 0.553. The molecule has 0 bridgehead atoms. The molecular weight excluding hydrogens is 334 g/mol. The molecule has 0 radical (unpaired) electrons. The molecule has 1 spiro atoms. The molecule has 4 rings (SSSR count). The second-order valence-corrected chi connectivity index (χ2v) is 7.32. The number of anilines is 1. The normalized spacial score (nSPS) is 24.0. The van der Waals surface area contributed by atoms with E-state index in [2.05, 4.69) is 10.00 Å². The highest BCUT2D eigenvalue weighted by Crippen LogP contribution is 2.34. The number of piperazine rings is 1. The van der Waals surface area contributed by atoms with Crippen LogP contribution in [0.15, 0.2) is 28.9 Å². The number of amides is 2. The van der Waals surface area contributed by atoms with E-state index in [-0.39, 0.29) is 17.4 Å². The Kier molecular flexibility index (Phi) is 3.87. The van der Waals surface area contributed by atoms with Gasteiger partial charge in [0.05, 0.1) is 24.0 Å². The minimum absolute atomic E-state index is 0.0533. The first kappa shape index (κ1) is 16.8. The second kappa shape index (κ2) is 5.98. The van der Waals surface area contributed by atoms with Crippen molar-refractivity contribution >= 4 is 17.5 Å². The monoisotopic (exact) mass is 357 g/mol. The molecule has 0 aliphatic carbocycles. The average molecular weight is 357 g/mol. The van der Waals surface area contributed by atoms with E-state index < -0.39 is 0 Å². The Labute approximate surface area is 151 Å². The minimum Gasteiger partial charge on any atom is -0.456 e. The third-order valence-corrected chi connectivity index (χ3v) is 5.51. The number of hydrogen-bond acceptors (Lipinski definition) is 5. The summed E-state index contributed by atoms with van der Waals surface area (Å²) < 4.78 is 7.18. The highest BCUT2D eigenvalue weighted by Gasteiger charge is 2.49. The van der Waals surface area contributed by atoms with E-state index >= 15 is 0 Å². The van der Waals surface area contributed by atoms with Crippen molar-refractivity contribution in [2.45, 2.75) is 18.9 Å². The van der Waals surface area contributed by atoms with Crippen LogP contribution in [-0.4, -0.2) is 70.2 Å². The van der Waals surface area contributed by atoms with E-state index in [9.17, 15) is 9.59 Å². The predicted molar refractivity (Wildman–Crippen MR) is 94.9 cm³/mol. The molecule has 1 atom stereocenters. The lowest BCUT2D eigenvalue weighted by atomic mass is 9.93. The first-order valence-corrected chi connectivity index (χ1v) is 8.74. The van der Waals surface area contributed by atoms with Crippen molar-refractivity contribution in [3.63, 3.8) is 0 Å². The van der Waals surface area contributed by atoms with Gasteiger partial charge in [-0.25, -0.2) is 0 Å². The van der Waals surface area contributed by atoms with Crippen LogP contribution >= 0.6 is 0 Å². The molecule has 2 amide bonds. The lowest BCUT2D eigenvalue weighted by Gasteiger charge is -2.46. The number of hydrogen-bond donors (Lipinski definition) is 0. The fourth-order valence-electron chi connectivity index (χ4n) is 3.92. The van der Waals surface area contributed by atoms with Gasteiger partial charge in [0.1, 0.15) is 5.76 Å². The number of furan rings is 1. The van der Waals surface area contributed by atoms with Crippen molar-refractivity contribution in [3.8, 4) is 0 Å². The summed E-state index contributed by atoms with van der Waals surface area (Å²) in [5.74, 6) is 1.06. The van der Waals surface area contributed by atoms with Gasteiger partial charge in [-0.2, -0.15) is 5.10 Å². The van der Waals surface area contributed by atoms with Gasteiger partial charge in [-0.1, -0.05) is 0 Å². The first-order valence-electron chi connectivity index (χ1n) is 8.74. The van der Waals surface area contributed by atoms with Gasteiger partial charge < -0.3 is 14.2 Å². The number of nitrogens with zero attached hydrogens (tertiary/aromatic N) is 5. The van der Waals surface area contributed by atoms with Crippen LogP contribution in [-0.2, 0) is 11.8 Å². The van der Waals surface area contributed by atoms with Gasteiger partial charge in [0, 0.05) is 32.9 Å². The number of rotatable bonds is 2. The molecule has 8 heteroatoms. The summed E-state index contributed by atoms with van der Waals surface area (Å²) in [6.07, 6.45) is 4.37. The van der Waals surface area contributed by atoms with Crippen LogP contribution in [0.5, 0.6) is 0 Å². The molecule has 138 valence electrons. The first-order chi connectivity index (χ1) is 12.4. The Bertz CT molecular complexity index is 857. The predicted octanol–water partition coefficient (Wildman–Crippen LogP) is 0.885. The molecule has 26 heavy (non-hydrogen) atoms. The minimum atomic E-state index is -0.249. The fraction of sp³-hybridized carbons (Fsp3) is 0.500. The third-order valence-electron chi connectivity index (χ3n) is 5.51. The van der Waals surface area contributed by atoms with Gasteiger partial charge in [-0.05, 0) is 32.5 Å². The average Bonchev–Trinajstić information content (AvgIpc) is 3.31. The van der Waals surface area contributed by atoms with E-state index in [1.807, 2.05) is 32.1 Å². The highest BCUT2D eigenvalue weighted by molar-refractivity contribution is 5.96. The number of aryl methyl sites for hydroxylation is 2. The zero-order valence-electron chi connectivity index (χ0n) is 15.3. The maximum Gasteiger partial charge on any atom is 0.289 e. The molecular formula is C18H23N5O3. The maximum absolute atomic E-state index is 12.7. The van der Waals surface area contributed by atoms with E-state index in [4.69, 9.17) is 4.42 Å². The number of likely N-dealkylation sites (tertiary alicyclic amines) is 1. The second-order valence-electron chi connectivity index (χ2n) is 7.32. The molecule has 2 aliphatic rings. The van der Waals surface area contributed by atoms with Gasteiger partial charge >= 0.3 is 0 Å². The quantitative estimate of drug-likeness (QED) is 0.798. The van der Waals surface area contributed by atoms with Crippen molar-refractivity contribution in [2.75, 3.05) is 38.1 Å². The van der Waals surface area contributed by atoms with Gasteiger partial charge in [-0.3, -0.25) is 19.2 Å². The van der Waals surface area contributed by atoms with Crippen LogP contribution in [0.4, 0.5) is 5.69 Å². The van der Waals surface area contributed by atoms with Gasteiger partial charge in [0.15, 0.2) is 5.76 Å². The standard InChI is InChI=1S/C18H23N5O3/c1-13-4-5-15(26-13)17(25)22-7-6-18(11-22)12-23(16(24)10-20(18)2)14-8-19-21(3)9-14/h4-5,8-9H,6-7,10-12H2,1-3H3. The number of carbonyl (C=O) groups is 2. The van der Waals surface area contributed by atoms with Crippen LogP contribution in [0.1, 0.15) is 22.7 Å². The fourth-order valence-corrected chi connectivity index (χ4v) is 3.92. The van der Waals surface area contributed by atoms with Crippen molar-refractivity contribution in [1.29, 1.82) is 0 Å².